The molecule has 1 unspecified atom stereocenters. The molecule has 1 amide bonds. The van der Waals surface area contributed by atoms with Gasteiger partial charge in [0.05, 0.1) is 14.2 Å². The van der Waals surface area contributed by atoms with E-state index in [1.807, 2.05) is 25.1 Å². The lowest BCUT2D eigenvalue weighted by molar-refractivity contribution is -0.149. The van der Waals surface area contributed by atoms with Crippen molar-refractivity contribution in [3.63, 3.8) is 0 Å². The fourth-order valence-electron chi connectivity index (χ4n) is 2.44. The highest BCUT2D eigenvalue weighted by Gasteiger charge is 2.57. The van der Waals surface area contributed by atoms with E-state index in [0.717, 1.165) is 5.56 Å². The highest BCUT2D eigenvalue weighted by molar-refractivity contribution is 6.04. The van der Waals surface area contributed by atoms with Crippen molar-refractivity contribution in [2.75, 3.05) is 14.2 Å². The van der Waals surface area contributed by atoms with Crippen LogP contribution in [0.25, 0.3) is 0 Å². The fraction of sp³-hybridized carbons (Fsp3) is 0.500. The van der Waals surface area contributed by atoms with Gasteiger partial charge in [0.15, 0.2) is 11.5 Å². The summed E-state index contributed by atoms with van der Waals surface area (Å²) in [5, 5.41) is 11.9. The van der Waals surface area contributed by atoms with Crippen molar-refractivity contribution in [1.29, 1.82) is 0 Å². The first kappa shape index (κ1) is 16.1. The summed E-state index contributed by atoms with van der Waals surface area (Å²) in [7, 11) is 3.14. The third-order valence-corrected chi connectivity index (χ3v) is 3.96. The predicted octanol–water partition coefficient (Wildman–Crippen LogP) is 1.62. The minimum atomic E-state index is -1.20. The zero-order chi connectivity index (χ0) is 16.3. The summed E-state index contributed by atoms with van der Waals surface area (Å²) < 4.78 is 10.4. The van der Waals surface area contributed by atoms with Crippen molar-refractivity contribution < 1.29 is 24.2 Å². The Balaban J connectivity index is 1.99. The molecule has 0 heterocycles. The molecule has 1 atom stereocenters. The first-order valence-electron chi connectivity index (χ1n) is 7.18. The van der Waals surface area contributed by atoms with Crippen LogP contribution < -0.4 is 14.8 Å². The van der Waals surface area contributed by atoms with Gasteiger partial charge in [0.1, 0.15) is 5.41 Å². The Morgan fingerprint density at radius 2 is 1.91 bits per heavy atom. The van der Waals surface area contributed by atoms with Gasteiger partial charge in [-0.25, -0.2) is 0 Å². The number of carbonyl (C=O) groups is 2. The predicted molar refractivity (Wildman–Crippen MR) is 80.2 cm³/mol. The molecular formula is C16H21NO5. The van der Waals surface area contributed by atoms with Gasteiger partial charge in [0, 0.05) is 6.04 Å². The molecule has 1 aliphatic rings. The molecule has 6 nitrogen and oxygen atoms in total. The number of aliphatic carboxylic acids is 1. The lowest BCUT2D eigenvalue weighted by atomic mass is 10.0. The van der Waals surface area contributed by atoms with Gasteiger partial charge in [-0.2, -0.15) is 0 Å². The fourth-order valence-corrected chi connectivity index (χ4v) is 2.44. The van der Waals surface area contributed by atoms with E-state index in [4.69, 9.17) is 14.6 Å². The van der Waals surface area contributed by atoms with E-state index in [2.05, 4.69) is 5.32 Å². The second kappa shape index (κ2) is 6.25. The van der Waals surface area contributed by atoms with Crippen LogP contribution in [-0.2, 0) is 16.0 Å². The maximum atomic E-state index is 12.1. The standard InChI is InChI=1S/C16H21NO5/c1-10(17-14(18)16(6-7-16)15(19)20)8-11-4-5-12(21-2)13(9-11)22-3/h4-5,9-10H,6-8H2,1-3H3,(H,17,18)(H,19,20). The van der Waals surface area contributed by atoms with Gasteiger partial charge in [0.2, 0.25) is 5.91 Å². The Kier molecular flexibility index (Phi) is 4.59. The number of methoxy groups -OCH3 is 2. The van der Waals surface area contributed by atoms with Gasteiger partial charge >= 0.3 is 5.97 Å². The van der Waals surface area contributed by atoms with Crippen LogP contribution in [0.3, 0.4) is 0 Å². The van der Waals surface area contributed by atoms with Crippen LogP contribution in [0, 0.1) is 5.41 Å². The van der Waals surface area contributed by atoms with Crippen molar-refractivity contribution in [2.24, 2.45) is 5.41 Å². The quantitative estimate of drug-likeness (QED) is 0.748. The molecule has 1 aromatic carbocycles. The number of carboxylic acids is 1. The number of carboxylic acid groups (broad SMARTS) is 1. The summed E-state index contributed by atoms with van der Waals surface area (Å²) in [5.41, 5.74) is -0.225. The Bertz CT molecular complexity index is 580. The lowest BCUT2D eigenvalue weighted by Crippen LogP contribution is -2.42. The van der Waals surface area contributed by atoms with E-state index in [-0.39, 0.29) is 6.04 Å². The van der Waals surface area contributed by atoms with Gasteiger partial charge < -0.3 is 19.9 Å². The molecule has 0 aromatic heterocycles. The second-order valence-corrected chi connectivity index (χ2v) is 5.66. The zero-order valence-corrected chi connectivity index (χ0v) is 13.0. The molecule has 120 valence electrons. The first-order valence-corrected chi connectivity index (χ1v) is 7.18. The average Bonchev–Trinajstić information content (AvgIpc) is 3.28. The van der Waals surface area contributed by atoms with Gasteiger partial charge in [-0.3, -0.25) is 9.59 Å². The number of carbonyl (C=O) groups excluding carboxylic acids is 1. The Morgan fingerprint density at radius 3 is 2.41 bits per heavy atom. The topological polar surface area (TPSA) is 84.9 Å². The third kappa shape index (κ3) is 3.16. The number of rotatable bonds is 7. The van der Waals surface area contributed by atoms with Crippen LogP contribution in [0.4, 0.5) is 0 Å². The van der Waals surface area contributed by atoms with Crippen LogP contribution in [0.15, 0.2) is 18.2 Å². The molecular weight excluding hydrogens is 286 g/mol. The number of benzene rings is 1. The van der Waals surface area contributed by atoms with Crippen LogP contribution in [0.1, 0.15) is 25.3 Å². The summed E-state index contributed by atoms with van der Waals surface area (Å²) in [6.45, 7) is 1.85. The number of hydrogen-bond acceptors (Lipinski definition) is 4. The first-order chi connectivity index (χ1) is 10.4. The molecule has 0 spiro atoms. The van der Waals surface area contributed by atoms with Crippen molar-refractivity contribution in [2.45, 2.75) is 32.2 Å². The maximum Gasteiger partial charge on any atom is 0.319 e. The van der Waals surface area contributed by atoms with E-state index in [0.29, 0.717) is 30.8 Å². The molecule has 1 aliphatic carbocycles. The molecule has 22 heavy (non-hydrogen) atoms. The van der Waals surface area contributed by atoms with Crippen LogP contribution in [0.5, 0.6) is 11.5 Å². The SMILES string of the molecule is COc1ccc(CC(C)NC(=O)C2(C(=O)O)CC2)cc1OC. The lowest BCUT2D eigenvalue weighted by Gasteiger charge is -2.18. The molecule has 2 rings (SSSR count). The van der Waals surface area contributed by atoms with Crippen molar-refractivity contribution in [3.8, 4) is 11.5 Å². The van der Waals surface area contributed by atoms with Crippen molar-refractivity contribution in [1.82, 2.24) is 5.32 Å². The number of ether oxygens (including phenoxy) is 2. The summed E-state index contributed by atoms with van der Waals surface area (Å²) in [4.78, 5) is 23.2. The molecule has 1 aromatic rings. The van der Waals surface area contributed by atoms with Crippen molar-refractivity contribution >= 4 is 11.9 Å². The van der Waals surface area contributed by atoms with E-state index >= 15 is 0 Å². The minimum Gasteiger partial charge on any atom is -0.493 e. The summed E-state index contributed by atoms with van der Waals surface area (Å²) in [6.07, 6.45) is 1.41. The summed E-state index contributed by atoms with van der Waals surface area (Å²) >= 11 is 0. The van der Waals surface area contributed by atoms with E-state index in [1.165, 1.54) is 0 Å². The molecule has 0 aliphatic heterocycles. The molecule has 0 radical (unpaired) electrons. The largest absolute Gasteiger partial charge is 0.493 e. The van der Waals surface area contributed by atoms with Crippen LogP contribution in [-0.4, -0.2) is 37.2 Å². The number of nitrogens with one attached hydrogen (secondary N) is 1. The molecule has 0 saturated heterocycles. The van der Waals surface area contributed by atoms with Gasteiger partial charge in [-0.1, -0.05) is 6.07 Å². The average molecular weight is 307 g/mol. The van der Waals surface area contributed by atoms with Crippen LogP contribution >= 0.6 is 0 Å². The van der Waals surface area contributed by atoms with E-state index in [1.54, 1.807) is 14.2 Å². The number of amides is 1. The Morgan fingerprint density at radius 1 is 1.27 bits per heavy atom. The van der Waals surface area contributed by atoms with Gasteiger partial charge in [0.25, 0.3) is 0 Å². The summed E-state index contributed by atoms with van der Waals surface area (Å²) in [5.74, 6) is -0.162. The Labute approximate surface area is 129 Å². The van der Waals surface area contributed by atoms with Crippen LogP contribution in [0.2, 0.25) is 0 Å². The molecule has 0 bridgehead atoms. The summed E-state index contributed by atoms with van der Waals surface area (Å²) in [6, 6.07) is 5.39. The minimum absolute atomic E-state index is 0.164. The molecule has 6 heteroatoms. The highest BCUT2D eigenvalue weighted by atomic mass is 16.5. The van der Waals surface area contributed by atoms with Crippen molar-refractivity contribution in [3.05, 3.63) is 23.8 Å². The third-order valence-electron chi connectivity index (χ3n) is 3.96. The van der Waals surface area contributed by atoms with Gasteiger partial charge in [-0.15, -0.1) is 0 Å². The van der Waals surface area contributed by atoms with Gasteiger partial charge in [-0.05, 0) is 43.9 Å². The molecule has 1 saturated carbocycles. The second-order valence-electron chi connectivity index (χ2n) is 5.66. The number of hydrogen-bond donors (Lipinski definition) is 2. The zero-order valence-electron chi connectivity index (χ0n) is 13.0. The molecule has 2 N–H and O–H groups in total. The monoisotopic (exact) mass is 307 g/mol. The normalized spacial score (nSPS) is 16.5. The van der Waals surface area contributed by atoms with E-state index < -0.39 is 17.3 Å². The maximum absolute atomic E-state index is 12.1. The van der Waals surface area contributed by atoms with E-state index in [9.17, 15) is 9.59 Å². The Hall–Kier alpha value is -2.24. The highest BCUT2D eigenvalue weighted by Crippen LogP contribution is 2.46. The smallest absolute Gasteiger partial charge is 0.319 e. The molecule has 1 fully saturated rings.